The molecule has 0 aromatic heterocycles. The van der Waals surface area contributed by atoms with Gasteiger partial charge in [-0.2, -0.15) is 16.1 Å². The van der Waals surface area contributed by atoms with Crippen LogP contribution in [0.4, 0.5) is 0 Å². The number of nitrogens with zero attached hydrogens (tertiary/aromatic N) is 1. The Morgan fingerprint density at radius 2 is 1.14 bits per heavy atom. The molecule has 2 aromatic rings. The molecule has 0 fully saturated rings. The van der Waals surface area contributed by atoms with E-state index in [1.165, 1.54) is 0 Å². The molecular formula is C31H39N5O6. The topological polar surface area (TPSA) is 147 Å². The van der Waals surface area contributed by atoms with Crippen molar-refractivity contribution in [2.24, 2.45) is 5.10 Å². The predicted molar refractivity (Wildman–Crippen MR) is 158 cm³/mol. The second-order valence-electron chi connectivity index (χ2n) is 11.8. The standard InChI is InChI=1S/C31H39N5O6/c1-30(2,3)41-34-23(17-20-13-9-7-10-14-20)27(38)26(37)22-19-32-36-33-25(22)29(40)28(39)24(35-42-31(4,5)6)18-21-15-11-8-12-16-21/h7-16,19,23-24,32,34-36H,17-18H2,1-6H3/t23-,24-/m0/s1. The van der Waals surface area contributed by atoms with Gasteiger partial charge in [0.1, 0.15) is 17.8 Å². The number of hydrazone groups is 1. The smallest absolute Gasteiger partial charge is 0.251 e. The van der Waals surface area contributed by atoms with Gasteiger partial charge in [-0.3, -0.25) is 34.3 Å². The van der Waals surface area contributed by atoms with E-state index < -0.39 is 52.1 Å². The van der Waals surface area contributed by atoms with Gasteiger partial charge in [0, 0.05) is 6.20 Å². The molecule has 11 heteroatoms. The molecular weight excluding hydrogens is 538 g/mol. The van der Waals surface area contributed by atoms with Crippen molar-refractivity contribution in [3.63, 3.8) is 0 Å². The summed E-state index contributed by atoms with van der Waals surface area (Å²) < 4.78 is 0. The van der Waals surface area contributed by atoms with Crippen molar-refractivity contribution in [2.45, 2.75) is 77.7 Å². The Bertz CT molecular complexity index is 1220. The lowest BCUT2D eigenvalue weighted by Crippen LogP contribution is -2.50. The van der Waals surface area contributed by atoms with Gasteiger partial charge in [-0.05, 0) is 65.5 Å². The Labute approximate surface area is 246 Å². The van der Waals surface area contributed by atoms with Crippen molar-refractivity contribution in [3.05, 3.63) is 83.6 Å². The number of carbonyl (C=O) groups is 4. The predicted octanol–water partition coefficient (Wildman–Crippen LogP) is 2.47. The highest BCUT2D eigenvalue weighted by molar-refractivity contribution is 6.74. The summed E-state index contributed by atoms with van der Waals surface area (Å²) in [5.74, 6) is -3.80. The zero-order valence-corrected chi connectivity index (χ0v) is 24.8. The molecule has 0 amide bonds. The van der Waals surface area contributed by atoms with Gasteiger partial charge >= 0.3 is 0 Å². The van der Waals surface area contributed by atoms with Gasteiger partial charge in [0.25, 0.3) is 5.78 Å². The molecule has 3 rings (SSSR count). The van der Waals surface area contributed by atoms with Crippen LogP contribution in [-0.2, 0) is 41.7 Å². The van der Waals surface area contributed by atoms with Crippen LogP contribution in [0.2, 0.25) is 0 Å². The zero-order valence-electron chi connectivity index (χ0n) is 24.8. The van der Waals surface area contributed by atoms with E-state index in [2.05, 4.69) is 27.0 Å². The molecule has 42 heavy (non-hydrogen) atoms. The second-order valence-corrected chi connectivity index (χ2v) is 11.8. The maximum Gasteiger partial charge on any atom is 0.251 e. The SMILES string of the molecule is CC(C)(C)ON[C@@H](Cc1ccccc1)C(=O)C(=O)C1=CNNN=C1C(=O)C(=O)[C@H](Cc1ccccc1)NOC(C)(C)C. The third kappa shape index (κ3) is 9.81. The molecule has 1 aliphatic heterocycles. The van der Waals surface area contributed by atoms with Crippen LogP contribution in [0.1, 0.15) is 52.7 Å². The summed E-state index contributed by atoms with van der Waals surface area (Å²) in [6, 6.07) is 16.1. The summed E-state index contributed by atoms with van der Waals surface area (Å²) in [5.41, 5.74) is 9.78. The zero-order chi connectivity index (χ0) is 30.9. The summed E-state index contributed by atoms with van der Waals surface area (Å²) in [7, 11) is 0. The minimum Gasteiger partial charge on any atom is -0.295 e. The monoisotopic (exact) mass is 577 g/mol. The van der Waals surface area contributed by atoms with Gasteiger partial charge in [0.2, 0.25) is 17.3 Å². The Balaban J connectivity index is 1.84. The molecule has 11 nitrogen and oxygen atoms in total. The summed E-state index contributed by atoms with van der Waals surface area (Å²) in [6.07, 6.45) is 1.43. The number of allylic oxidation sites excluding steroid dienone is 1. The van der Waals surface area contributed by atoms with Gasteiger partial charge in [-0.1, -0.05) is 60.7 Å². The van der Waals surface area contributed by atoms with Crippen molar-refractivity contribution < 1.29 is 28.9 Å². The maximum atomic E-state index is 13.5. The second kappa shape index (κ2) is 14.2. The quantitative estimate of drug-likeness (QED) is 0.195. The summed E-state index contributed by atoms with van der Waals surface area (Å²) in [4.78, 5) is 65.4. The van der Waals surface area contributed by atoms with Crippen molar-refractivity contribution in [2.75, 3.05) is 0 Å². The third-order valence-electron chi connectivity index (χ3n) is 5.82. The molecule has 0 aliphatic carbocycles. The molecule has 1 aliphatic rings. The minimum atomic E-state index is -1.09. The molecule has 0 saturated carbocycles. The fourth-order valence-electron chi connectivity index (χ4n) is 3.80. The summed E-state index contributed by atoms with van der Waals surface area (Å²) >= 11 is 0. The normalized spacial score (nSPS) is 14.9. The van der Waals surface area contributed by atoms with E-state index in [-0.39, 0.29) is 18.4 Å². The van der Waals surface area contributed by atoms with Gasteiger partial charge in [-0.15, -0.1) is 0 Å². The average Bonchev–Trinajstić information content (AvgIpc) is 2.96. The molecule has 224 valence electrons. The number of hydroxylamine groups is 2. The molecule has 0 radical (unpaired) electrons. The van der Waals surface area contributed by atoms with Crippen LogP contribution < -0.4 is 21.9 Å². The molecule has 4 N–H and O–H groups in total. The molecule has 0 spiro atoms. The highest BCUT2D eigenvalue weighted by Crippen LogP contribution is 2.15. The lowest BCUT2D eigenvalue weighted by atomic mass is 9.91. The Morgan fingerprint density at radius 1 is 0.714 bits per heavy atom. The van der Waals surface area contributed by atoms with Crippen molar-refractivity contribution in [1.82, 2.24) is 21.9 Å². The number of hydrogen-bond acceptors (Lipinski definition) is 11. The molecule has 0 saturated heterocycles. The summed E-state index contributed by atoms with van der Waals surface area (Å²) in [5, 5.41) is 3.89. The number of nitrogens with one attached hydrogen (secondary N) is 4. The van der Waals surface area contributed by atoms with Crippen LogP contribution in [0.25, 0.3) is 0 Å². The number of rotatable bonds is 14. The Hall–Kier alpha value is -4.03. The first-order chi connectivity index (χ1) is 19.7. The average molecular weight is 578 g/mol. The number of ketones is 4. The number of benzene rings is 2. The first-order valence-electron chi connectivity index (χ1n) is 13.7. The number of carbonyl (C=O) groups excluding carboxylic acids is 4. The molecule has 2 aromatic carbocycles. The lowest BCUT2D eigenvalue weighted by molar-refractivity contribution is -0.142. The highest BCUT2D eigenvalue weighted by Gasteiger charge is 2.38. The number of Topliss-reactive ketones (excluding diaryl/α,β-unsaturated/α-hetero) is 4. The van der Waals surface area contributed by atoms with Gasteiger partial charge in [0.15, 0.2) is 0 Å². The van der Waals surface area contributed by atoms with Gasteiger partial charge in [0.05, 0.1) is 16.8 Å². The Kier molecular flexibility index (Phi) is 11.0. The summed E-state index contributed by atoms with van der Waals surface area (Å²) in [6.45, 7) is 10.8. The first-order valence-corrected chi connectivity index (χ1v) is 13.7. The Morgan fingerprint density at radius 3 is 1.57 bits per heavy atom. The van der Waals surface area contributed by atoms with Gasteiger partial charge in [-0.25, -0.2) is 5.53 Å². The third-order valence-corrected chi connectivity index (χ3v) is 5.82. The number of hydrogen-bond donors (Lipinski definition) is 4. The van der Waals surface area contributed by atoms with Gasteiger partial charge < -0.3 is 0 Å². The van der Waals surface area contributed by atoms with E-state index in [9.17, 15) is 19.2 Å². The maximum absolute atomic E-state index is 13.5. The van der Waals surface area contributed by atoms with E-state index in [0.717, 1.165) is 17.3 Å². The van der Waals surface area contributed by atoms with Crippen LogP contribution >= 0.6 is 0 Å². The van der Waals surface area contributed by atoms with E-state index in [0.29, 0.717) is 0 Å². The minimum absolute atomic E-state index is 0.138. The number of hydrazine groups is 1. The highest BCUT2D eigenvalue weighted by atomic mass is 16.7. The fraction of sp³-hybridized carbons (Fsp3) is 0.387. The van der Waals surface area contributed by atoms with Crippen LogP contribution in [0.5, 0.6) is 0 Å². The van der Waals surface area contributed by atoms with Crippen molar-refractivity contribution in [3.8, 4) is 0 Å². The lowest BCUT2D eigenvalue weighted by Gasteiger charge is -2.25. The molecule has 0 unspecified atom stereocenters. The van der Waals surface area contributed by atoms with Crippen molar-refractivity contribution in [1.29, 1.82) is 0 Å². The van der Waals surface area contributed by atoms with E-state index in [1.54, 1.807) is 41.5 Å². The molecule has 1 heterocycles. The van der Waals surface area contributed by atoms with Crippen LogP contribution in [0, 0.1) is 0 Å². The van der Waals surface area contributed by atoms with E-state index in [4.69, 9.17) is 9.68 Å². The molecule has 0 bridgehead atoms. The first kappa shape index (κ1) is 32.5. The van der Waals surface area contributed by atoms with E-state index >= 15 is 0 Å². The fourth-order valence-corrected chi connectivity index (χ4v) is 3.80. The van der Waals surface area contributed by atoms with Crippen LogP contribution in [-0.4, -0.2) is 52.1 Å². The molecule has 2 atom stereocenters. The largest absolute Gasteiger partial charge is 0.295 e. The van der Waals surface area contributed by atoms with Crippen molar-refractivity contribution >= 4 is 28.8 Å². The van der Waals surface area contributed by atoms with E-state index in [1.807, 2.05) is 60.7 Å². The van der Waals surface area contributed by atoms with Crippen LogP contribution in [0.15, 0.2) is 77.5 Å². The van der Waals surface area contributed by atoms with Crippen LogP contribution in [0.3, 0.4) is 0 Å².